The lowest BCUT2D eigenvalue weighted by atomic mass is 9.74. The highest BCUT2D eigenvalue weighted by molar-refractivity contribution is 5.88. The Morgan fingerprint density at radius 2 is 1.94 bits per heavy atom. The van der Waals surface area contributed by atoms with Gasteiger partial charge in [0.2, 0.25) is 11.8 Å². The van der Waals surface area contributed by atoms with Crippen molar-refractivity contribution >= 4 is 11.8 Å². The molecule has 1 rings (SSSR count). The molecular formula is C12H23N3O2. The third-order valence-corrected chi connectivity index (χ3v) is 3.69. The molecular weight excluding hydrogens is 218 g/mol. The van der Waals surface area contributed by atoms with Gasteiger partial charge in [0.05, 0.1) is 12.0 Å². The van der Waals surface area contributed by atoms with Crippen molar-refractivity contribution in [2.45, 2.75) is 39.7 Å². The Hall–Kier alpha value is -1.10. The van der Waals surface area contributed by atoms with Crippen molar-refractivity contribution in [3.63, 3.8) is 0 Å². The molecule has 0 radical (unpaired) electrons. The number of rotatable bonds is 2. The summed E-state index contributed by atoms with van der Waals surface area (Å²) < 4.78 is 0. The zero-order valence-corrected chi connectivity index (χ0v) is 11.2. The van der Waals surface area contributed by atoms with Crippen LogP contribution in [0, 0.1) is 5.41 Å². The molecule has 0 saturated carbocycles. The first kappa shape index (κ1) is 14.0. The fraction of sp³-hybridized carbons (Fsp3) is 0.833. The summed E-state index contributed by atoms with van der Waals surface area (Å²) >= 11 is 0. The second kappa shape index (κ2) is 4.64. The molecule has 17 heavy (non-hydrogen) atoms. The molecule has 1 aliphatic heterocycles. The van der Waals surface area contributed by atoms with Crippen molar-refractivity contribution in [2.24, 2.45) is 11.1 Å². The zero-order chi connectivity index (χ0) is 13.3. The Bertz CT molecular complexity index is 318. The third-order valence-electron chi connectivity index (χ3n) is 3.69. The highest BCUT2D eigenvalue weighted by atomic mass is 16.2. The van der Waals surface area contributed by atoms with Crippen LogP contribution in [0.15, 0.2) is 0 Å². The van der Waals surface area contributed by atoms with Crippen LogP contribution in [0.1, 0.15) is 34.1 Å². The Morgan fingerprint density at radius 1 is 1.35 bits per heavy atom. The van der Waals surface area contributed by atoms with Crippen molar-refractivity contribution in [1.82, 2.24) is 10.2 Å². The van der Waals surface area contributed by atoms with Gasteiger partial charge < -0.3 is 16.0 Å². The molecule has 0 aromatic carbocycles. The molecule has 0 aromatic rings. The number of carbonyl (C=O) groups excluding carboxylic acids is 2. The highest BCUT2D eigenvalue weighted by Gasteiger charge is 2.43. The standard InChI is InChI=1S/C12H23N3O2/c1-11(2,12(3,4)13)10(17)15-7-5-6-14-9(16)8-15/h5-8,13H2,1-4H3,(H,14,16). The van der Waals surface area contributed by atoms with Gasteiger partial charge in [-0.2, -0.15) is 0 Å². The number of hydrogen-bond acceptors (Lipinski definition) is 3. The van der Waals surface area contributed by atoms with E-state index in [4.69, 9.17) is 5.73 Å². The molecule has 3 N–H and O–H groups in total. The van der Waals surface area contributed by atoms with Crippen LogP contribution < -0.4 is 11.1 Å². The molecule has 1 saturated heterocycles. The van der Waals surface area contributed by atoms with Crippen LogP contribution in [0.3, 0.4) is 0 Å². The minimum Gasteiger partial charge on any atom is -0.354 e. The normalized spacial score (nSPS) is 18.6. The average Bonchev–Trinajstić information content (AvgIpc) is 2.39. The number of nitrogens with zero attached hydrogens (tertiary/aromatic N) is 1. The molecule has 2 amide bonds. The van der Waals surface area contributed by atoms with E-state index in [1.807, 2.05) is 27.7 Å². The molecule has 0 aromatic heterocycles. The molecule has 1 aliphatic rings. The van der Waals surface area contributed by atoms with Gasteiger partial charge >= 0.3 is 0 Å². The molecule has 98 valence electrons. The first-order valence-corrected chi connectivity index (χ1v) is 6.01. The summed E-state index contributed by atoms with van der Waals surface area (Å²) in [6.07, 6.45) is 0.790. The van der Waals surface area contributed by atoms with Crippen molar-refractivity contribution in [1.29, 1.82) is 0 Å². The lowest BCUT2D eigenvalue weighted by Crippen LogP contribution is -2.57. The molecule has 0 spiro atoms. The van der Waals surface area contributed by atoms with E-state index in [0.717, 1.165) is 6.42 Å². The maximum Gasteiger partial charge on any atom is 0.239 e. The Labute approximate surface area is 103 Å². The molecule has 5 heteroatoms. The SMILES string of the molecule is CC(C)(N)C(C)(C)C(=O)N1CCCNC(=O)C1. The number of nitrogens with one attached hydrogen (secondary N) is 1. The summed E-state index contributed by atoms with van der Waals surface area (Å²) in [5.41, 5.74) is 4.75. The van der Waals surface area contributed by atoms with E-state index in [-0.39, 0.29) is 18.4 Å². The molecule has 1 fully saturated rings. The van der Waals surface area contributed by atoms with Gasteiger partial charge in [-0.1, -0.05) is 0 Å². The van der Waals surface area contributed by atoms with E-state index in [2.05, 4.69) is 5.32 Å². The molecule has 0 bridgehead atoms. The van der Waals surface area contributed by atoms with Gasteiger partial charge in [0.15, 0.2) is 0 Å². The topological polar surface area (TPSA) is 75.4 Å². The molecule has 1 heterocycles. The maximum atomic E-state index is 12.4. The van der Waals surface area contributed by atoms with Crippen molar-refractivity contribution in [3.05, 3.63) is 0 Å². The van der Waals surface area contributed by atoms with Gasteiger partial charge in [-0.15, -0.1) is 0 Å². The van der Waals surface area contributed by atoms with E-state index >= 15 is 0 Å². The van der Waals surface area contributed by atoms with E-state index in [1.165, 1.54) is 0 Å². The predicted octanol–water partition coefficient (Wildman–Crippen LogP) is 0.0984. The van der Waals surface area contributed by atoms with E-state index in [1.54, 1.807) is 4.90 Å². The summed E-state index contributed by atoms with van der Waals surface area (Å²) in [6, 6.07) is 0. The van der Waals surface area contributed by atoms with Crippen LogP contribution in [0.5, 0.6) is 0 Å². The van der Waals surface area contributed by atoms with Gasteiger partial charge in [0.1, 0.15) is 0 Å². The van der Waals surface area contributed by atoms with Crippen LogP contribution >= 0.6 is 0 Å². The lowest BCUT2D eigenvalue weighted by Gasteiger charge is -2.40. The third kappa shape index (κ3) is 2.97. The van der Waals surface area contributed by atoms with Crippen molar-refractivity contribution in [2.75, 3.05) is 19.6 Å². The quantitative estimate of drug-likeness (QED) is 0.720. The van der Waals surface area contributed by atoms with Crippen molar-refractivity contribution in [3.8, 4) is 0 Å². The Morgan fingerprint density at radius 3 is 2.47 bits per heavy atom. The van der Waals surface area contributed by atoms with Gasteiger partial charge in [-0.05, 0) is 34.1 Å². The Balaban J connectivity index is 2.85. The predicted molar refractivity (Wildman–Crippen MR) is 66.3 cm³/mol. The fourth-order valence-electron chi connectivity index (χ4n) is 1.65. The van der Waals surface area contributed by atoms with E-state index in [0.29, 0.717) is 13.1 Å². The molecule has 0 aliphatic carbocycles. The Kier molecular flexibility index (Phi) is 3.81. The summed E-state index contributed by atoms with van der Waals surface area (Å²) in [7, 11) is 0. The van der Waals surface area contributed by atoms with Crippen molar-refractivity contribution < 1.29 is 9.59 Å². The monoisotopic (exact) mass is 241 g/mol. The minimum absolute atomic E-state index is 0.0537. The summed E-state index contributed by atoms with van der Waals surface area (Å²) in [4.78, 5) is 25.5. The number of amides is 2. The van der Waals surface area contributed by atoms with E-state index in [9.17, 15) is 9.59 Å². The van der Waals surface area contributed by atoms with E-state index < -0.39 is 11.0 Å². The van der Waals surface area contributed by atoms with Crippen LogP contribution in [0.25, 0.3) is 0 Å². The largest absolute Gasteiger partial charge is 0.354 e. The second-order valence-corrected chi connectivity index (χ2v) is 5.78. The van der Waals surface area contributed by atoms with Gasteiger partial charge in [-0.3, -0.25) is 9.59 Å². The number of hydrogen-bond donors (Lipinski definition) is 2. The summed E-state index contributed by atoms with van der Waals surface area (Å²) in [5, 5.41) is 2.76. The molecule has 0 unspecified atom stereocenters. The summed E-state index contributed by atoms with van der Waals surface area (Å²) in [5.74, 6) is -0.150. The fourth-order valence-corrected chi connectivity index (χ4v) is 1.65. The van der Waals surface area contributed by atoms with Gasteiger partial charge in [0, 0.05) is 18.6 Å². The number of nitrogens with two attached hydrogens (primary N) is 1. The first-order chi connectivity index (χ1) is 7.66. The number of carbonyl (C=O) groups is 2. The summed E-state index contributed by atoms with van der Waals surface area (Å²) in [6.45, 7) is 8.71. The van der Waals surface area contributed by atoms with Crippen LogP contribution in [0.4, 0.5) is 0 Å². The second-order valence-electron chi connectivity index (χ2n) is 5.78. The molecule has 0 atom stereocenters. The molecule has 5 nitrogen and oxygen atoms in total. The lowest BCUT2D eigenvalue weighted by molar-refractivity contribution is -0.145. The van der Waals surface area contributed by atoms with Crippen LogP contribution in [-0.4, -0.2) is 41.9 Å². The van der Waals surface area contributed by atoms with Gasteiger partial charge in [0.25, 0.3) is 0 Å². The first-order valence-electron chi connectivity index (χ1n) is 6.01. The highest BCUT2D eigenvalue weighted by Crippen LogP contribution is 2.30. The van der Waals surface area contributed by atoms with Crippen LogP contribution in [-0.2, 0) is 9.59 Å². The minimum atomic E-state index is -0.683. The van der Waals surface area contributed by atoms with Gasteiger partial charge in [-0.25, -0.2) is 0 Å². The maximum absolute atomic E-state index is 12.4. The zero-order valence-electron chi connectivity index (χ0n) is 11.2. The smallest absolute Gasteiger partial charge is 0.239 e. The average molecular weight is 241 g/mol. The van der Waals surface area contributed by atoms with Crippen LogP contribution in [0.2, 0.25) is 0 Å².